The van der Waals surface area contributed by atoms with Crippen LogP contribution in [0.1, 0.15) is 10.4 Å². The first-order valence-electron chi connectivity index (χ1n) is 7.50. The molecule has 0 saturated heterocycles. The second-order valence-corrected chi connectivity index (χ2v) is 6.26. The molecule has 126 valence electrons. The number of amides is 1. The molecule has 1 aromatic heterocycles. The number of hydrogen-bond acceptors (Lipinski definition) is 3. The molecule has 0 saturated carbocycles. The number of pyridine rings is 1. The molecule has 0 fully saturated rings. The number of para-hydroxylation sites is 1. The molecular weight excluding hydrogens is 342 g/mol. The van der Waals surface area contributed by atoms with Crippen molar-refractivity contribution in [3.05, 3.63) is 78.4 Å². The van der Waals surface area contributed by atoms with Gasteiger partial charge in [0.25, 0.3) is 5.91 Å². The Bertz CT molecular complexity index is 959. The first-order valence-corrected chi connectivity index (χ1v) is 8.32. The van der Waals surface area contributed by atoms with Gasteiger partial charge in [-0.3, -0.25) is 4.79 Å². The molecular formula is C19H14F2N2OS. The summed E-state index contributed by atoms with van der Waals surface area (Å²) in [6, 6.07) is 12.2. The highest BCUT2D eigenvalue weighted by Gasteiger charge is 2.14. The van der Waals surface area contributed by atoms with Gasteiger partial charge in [0.2, 0.25) is 0 Å². The predicted octanol–water partition coefficient (Wildman–Crippen LogP) is 4.58. The van der Waals surface area contributed by atoms with Crippen LogP contribution in [0.25, 0.3) is 10.9 Å². The van der Waals surface area contributed by atoms with Gasteiger partial charge in [0.1, 0.15) is 16.7 Å². The van der Waals surface area contributed by atoms with Crippen molar-refractivity contribution in [2.24, 2.45) is 0 Å². The third kappa shape index (κ3) is 3.85. The third-order valence-electron chi connectivity index (χ3n) is 3.45. The minimum absolute atomic E-state index is 0.238. The lowest BCUT2D eigenvalue weighted by Crippen LogP contribution is -2.23. The Labute approximate surface area is 147 Å². The van der Waals surface area contributed by atoms with E-state index >= 15 is 0 Å². The van der Waals surface area contributed by atoms with Gasteiger partial charge in [-0.2, -0.15) is 0 Å². The van der Waals surface area contributed by atoms with Gasteiger partial charge in [-0.05, 0) is 24.3 Å². The summed E-state index contributed by atoms with van der Waals surface area (Å²) in [6.07, 6.45) is 1.59. The zero-order chi connectivity index (χ0) is 17.8. The predicted molar refractivity (Wildman–Crippen MR) is 94.8 cm³/mol. The molecule has 0 bridgehead atoms. The summed E-state index contributed by atoms with van der Waals surface area (Å²) in [4.78, 5) is 17.1. The van der Waals surface area contributed by atoms with Gasteiger partial charge in [-0.15, -0.1) is 6.58 Å². The number of carbonyl (C=O) groups is 1. The number of halogens is 2. The molecule has 3 nitrogen and oxygen atoms in total. The Morgan fingerprint density at radius 1 is 1.20 bits per heavy atom. The molecule has 0 atom stereocenters. The summed E-state index contributed by atoms with van der Waals surface area (Å²) >= 11 is 1.04. The van der Waals surface area contributed by atoms with Crippen molar-refractivity contribution in [3.8, 4) is 0 Å². The number of fused-ring (bicyclic) bond motifs is 1. The average Bonchev–Trinajstić information content (AvgIpc) is 2.61. The second-order valence-electron chi connectivity index (χ2n) is 5.20. The fraction of sp³-hybridized carbons (Fsp3) is 0.0526. The van der Waals surface area contributed by atoms with Crippen molar-refractivity contribution >= 4 is 28.6 Å². The van der Waals surface area contributed by atoms with Crippen molar-refractivity contribution in [1.29, 1.82) is 0 Å². The largest absolute Gasteiger partial charge is 0.349 e. The van der Waals surface area contributed by atoms with Crippen LogP contribution in [0.5, 0.6) is 0 Å². The average molecular weight is 356 g/mol. The number of rotatable bonds is 5. The van der Waals surface area contributed by atoms with Crippen LogP contribution in [-0.2, 0) is 0 Å². The Hall–Kier alpha value is -2.73. The normalized spacial score (nSPS) is 10.6. The number of benzene rings is 2. The molecule has 0 aliphatic heterocycles. The van der Waals surface area contributed by atoms with Gasteiger partial charge < -0.3 is 5.32 Å². The number of nitrogens with one attached hydrogen (secondary N) is 1. The molecule has 1 heterocycles. The topological polar surface area (TPSA) is 42.0 Å². The van der Waals surface area contributed by atoms with E-state index in [4.69, 9.17) is 0 Å². The monoisotopic (exact) mass is 356 g/mol. The molecule has 0 spiro atoms. The molecule has 3 aromatic rings. The molecule has 0 aliphatic rings. The van der Waals surface area contributed by atoms with Crippen molar-refractivity contribution < 1.29 is 13.6 Å². The van der Waals surface area contributed by atoms with E-state index in [2.05, 4.69) is 16.9 Å². The number of carbonyl (C=O) groups excluding carboxylic acids is 1. The van der Waals surface area contributed by atoms with Crippen LogP contribution in [0.2, 0.25) is 0 Å². The van der Waals surface area contributed by atoms with Crippen LogP contribution in [0.15, 0.2) is 71.1 Å². The summed E-state index contributed by atoms with van der Waals surface area (Å²) in [6.45, 7) is 3.91. The van der Waals surface area contributed by atoms with Crippen molar-refractivity contribution in [3.63, 3.8) is 0 Å². The Morgan fingerprint density at radius 2 is 2.00 bits per heavy atom. The maximum Gasteiger partial charge on any atom is 0.252 e. The lowest BCUT2D eigenvalue weighted by atomic mass is 10.1. The zero-order valence-electron chi connectivity index (χ0n) is 13.1. The molecule has 6 heteroatoms. The first kappa shape index (κ1) is 17.1. The van der Waals surface area contributed by atoms with Gasteiger partial charge in [-0.1, -0.05) is 36.0 Å². The van der Waals surface area contributed by atoms with Crippen LogP contribution in [0, 0.1) is 11.6 Å². The first-order chi connectivity index (χ1) is 12.1. The van der Waals surface area contributed by atoms with Gasteiger partial charge >= 0.3 is 0 Å². The number of hydrogen-bond donors (Lipinski definition) is 1. The lowest BCUT2D eigenvalue weighted by molar-refractivity contribution is 0.0959. The smallest absolute Gasteiger partial charge is 0.252 e. The highest BCUT2D eigenvalue weighted by molar-refractivity contribution is 7.99. The molecule has 3 rings (SSSR count). The van der Waals surface area contributed by atoms with Crippen molar-refractivity contribution in [1.82, 2.24) is 10.3 Å². The summed E-state index contributed by atoms with van der Waals surface area (Å²) in [5.41, 5.74) is 1.07. The van der Waals surface area contributed by atoms with Crippen molar-refractivity contribution in [2.75, 3.05) is 6.54 Å². The molecule has 1 amide bonds. The summed E-state index contributed by atoms with van der Waals surface area (Å²) < 4.78 is 27.0. The fourth-order valence-electron chi connectivity index (χ4n) is 2.32. The van der Waals surface area contributed by atoms with E-state index in [9.17, 15) is 13.6 Å². The van der Waals surface area contributed by atoms with E-state index in [0.29, 0.717) is 28.0 Å². The van der Waals surface area contributed by atoms with E-state index in [-0.39, 0.29) is 10.8 Å². The summed E-state index contributed by atoms with van der Waals surface area (Å²) in [5.74, 6) is -1.57. The van der Waals surface area contributed by atoms with E-state index in [0.717, 1.165) is 17.8 Å². The van der Waals surface area contributed by atoms with E-state index in [1.54, 1.807) is 24.3 Å². The highest BCUT2D eigenvalue weighted by atomic mass is 32.2. The Balaban J connectivity index is 2.03. The summed E-state index contributed by atoms with van der Waals surface area (Å²) in [7, 11) is 0. The zero-order valence-corrected chi connectivity index (χ0v) is 13.9. The molecule has 0 aliphatic carbocycles. The van der Waals surface area contributed by atoms with E-state index < -0.39 is 11.6 Å². The maximum atomic E-state index is 13.9. The minimum Gasteiger partial charge on any atom is -0.349 e. The SMILES string of the molecule is C=CCNC(=O)c1cc(Sc2ccc(F)cc2F)nc2ccccc12. The Kier molecular flexibility index (Phi) is 5.09. The van der Waals surface area contributed by atoms with E-state index in [1.807, 2.05) is 12.1 Å². The standard InChI is InChI=1S/C19H14F2N2OS/c1-2-9-22-19(24)14-11-18(23-16-6-4-3-5-13(14)16)25-17-8-7-12(20)10-15(17)21/h2-8,10-11H,1,9H2,(H,22,24). The molecule has 1 N–H and O–H groups in total. The van der Waals surface area contributed by atoms with Crippen LogP contribution in [-0.4, -0.2) is 17.4 Å². The van der Waals surface area contributed by atoms with E-state index in [1.165, 1.54) is 12.1 Å². The van der Waals surface area contributed by atoms with Gasteiger partial charge in [0, 0.05) is 22.9 Å². The van der Waals surface area contributed by atoms with Gasteiger partial charge in [0.15, 0.2) is 0 Å². The maximum absolute atomic E-state index is 13.9. The van der Waals surface area contributed by atoms with Crippen LogP contribution < -0.4 is 5.32 Å². The van der Waals surface area contributed by atoms with Crippen LogP contribution in [0.4, 0.5) is 8.78 Å². The van der Waals surface area contributed by atoms with Gasteiger partial charge in [0.05, 0.1) is 11.1 Å². The molecule has 2 aromatic carbocycles. The quantitative estimate of drug-likeness (QED) is 0.681. The minimum atomic E-state index is -0.669. The highest BCUT2D eigenvalue weighted by Crippen LogP contribution is 2.31. The molecule has 25 heavy (non-hydrogen) atoms. The van der Waals surface area contributed by atoms with Gasteiger partial charge in [-0.25, -0.2) is 13.8 Å². The van der Waals surface area contributed by atoms with Crippen molar-refractivity contribution in [2.45, 2.75) is 9.92 Å². The third-order valence-corrected chi connectivity index (χ3v) is 4.42. The fourth-order valence-corrected chi connectivity index (χ4v) is 3.16. The number of aromatic nitrogens is 1. The summed E-state index contributed by atoms with van der Waals surface area (Å²) in [5, 5.41) is 3.89. The van der Waals surface area contributed by atoms with Crippen LogP contribution in [0.3, 0.4) is 0 Å². The van der Waals surface area contributed by atoms with Crippen LogP contribution >= 0.6 is 11.8 Å². The molecule has 0 radical (unpaired) electrons. The Morgan fingerprint density at radius 3 is 2.76 bits per heavy atom. The lowest BCUT2D eigenvalue weighted by Gasteiger charge is -2.10. The molecule has 0 unspecified atom stereocenters. The number of nitrogens with zero attached hydrogens (tertiary/aromatic N) is 1. The second kappa shape index (κ2) is 7.44.